The first-order chi connectivity index (χ1) is 8.33. The number of halogens is 1. The molecule has 0 unspecified atom stereocenters. The molecule has 2 heterocycles. The van der Waals surface area contributed by atoms with Gasteiger partial charge in [0.2, 0.25) is 5.88 Å². The SMILES string of the molecule is CCOc1cc(N2CCNCC2)nc(SC)n1.Cl. The molecule has 0 aliphatic carbocycles. The average molecular weight is 291 g/mol. The molecule has 0 atom stereocenters. The highest BCUT2D eigenvalue weighted by molar-refractivity contribution is 7.98. The second kappa shape index (κ2) is 7.66. The molecule has 2 rings (SSSR count). The first-order valence-corrected chi connectivity index (χ1v) is 7.07. The van der Waals surface area contributed by atoms with Gasteiger partial charge in [0, 0.05) is 32.2 Å². The first-order valence-electron chi connectivity index (χ1n) is 5.85. The Labute approximate surface area is 118 Å². The van der Waals surface area contributed by atoms with Crippen LogP contribution in [0.3, 0.4) is 0 Å². The molecule has 0 amide bonds. The standard InChI is InChI=1S/C11H18N4OS.ClH/c1-3-16-10-8-9(13-11(14-10)17-2)15-6-4-12-5-7-15;/h8,12H,3-7H2,1-2H3;1H. The van der Waals surface area contributed by atoms with Crippen LogP contribution in [0.4, 0.5) is 5.82 Å². The summed E-state index contributed by atoms with van der Waals surface area (Å²) in [5.41, 5.74) is 0. The van der Waals surface area contributed by atoms with Crippen molar-refractivity contribution in [2.24, 2.45) is 0 Å². The molecule has 18 heavy (non-hydrogen) atoms. The van der Waals surface area contributed by atoms with Gasteiger partial charge in [-0.05, 0) is 13.2 Å². The molecule has 0 saturated carbocycles. The van der Waals surface area contributed by atoms with Crippen molar-refractivity contribution in [3.63, 3.8) is 0 Å². The van der Waals surface area contributed by atoms with Crippen molar-refractivity contribution in [2.45, 2.75) is 12.1 Å². The number of hydrogen-bond donors (Lipinski definition) is 1. The molecule has 1 N–H and O–H groups in total. The van der Waals surface area contributed by atoms with Crippen molar-refractivity contribution in [1.82, 2.24) is 15.3 Å². The number of anilines is 1. The minimum absolute atomic E-state index is 0. The second-order valence-electron chi connectivity index (χ2n) is 3.72. The molecule has 1 aliphatic heterocycles. The van der Waals surface area contributed by atoms with Gasteiger partial charge in [0.25, 0.3) is 0 Å². The molecule has 0 spiro atoms. The van der Waals surface area contributed by atoms with Gasteiger partial charge in [-0.1, -0.05) is 11.8 Å². The molecule has 1 aromatic heterocycles. The third-order valence-corrected chi connectivity index (χ3v) is 3.13. The highest BCUT2D eigenvalue weighted by atomic mass is 35.5. The zero-order chi connectivity index (χ0) is 12.1. The lowest BCUT2D eigenvalue weighted by atomic mass is 10.3. The Kier molecular flexibility index (Phi) is 6.52. The number of aromatic nitrogens is 2. The molecule has 0 aromatic carbocycles. The van der Waals surface area contributed by atoms with Crippen LogP contribution >= 0.6 is 24.2 Å². The van der Waals surface area contributed by atoms with Crippen molar-refractivity contribution in [3.8, 4) is 5.88 Å². The third kappa shape index (κ3) is 3.90. The Morgan fingerprint density at radius 1 is 1.39 bits per heavy atom. The van der Waals surface area contributed by atoms with Crippen LogP contribution in [0.25, 0.3) is 0 Å². The highest BCUT2D eigenvalue weighted by Gasteiger charge is 2.14. The van der Waals surface area contributed by atoms with E-state index >= 15 is 0 Å². The van der Waals surface area contributed by atoms with Gasteiger partial charge in [-0.15, -0.1) is 12.4 Å². The summed E-state index contributed by atoms with van der Waals surface area (Å²) in [6, 6.07) is 1.93. The second-order valence-corrected chi connectivity index (χ2v) is 4.49. The summed E-state index contributed by atoms with van der Waals surface area (Å²) in [5.74, 6) is 1.63. The summed E-state index contributed by atoms with van der Waals surface area (Å²) in [4.78, 5) is 11.1. The third-order valence-electron chi connectivity index (χ3n) is 2.58. The van der Waals surface area contributed by atoms with E-state index in [9.17, 15) is 0 Å². The van der Waals surface area contributed by atoms with E-state index < -0.39 is 0 Å². The molecule has 1 fully saturated rings. The number of nitrogens with one attached hydrogen (secondary N) is 1. The zero-order valence-electron chi connectivity index (χ0n) is 10.7. The predicted molar refractivity (Wildman–Crippen MR) is 77.3 cm³/mol. The van der Waals surface area contributed by atoms with E-state index in [2.05, 4.69) is 20.2 Å². The van der Waals surface area contributed by atoms with Crippen LogP contribution in [0.1, 0.15) is 6.92 Å². The summed E-state index contributed by atoms with van der Waals surface area (Å²) < 4.78 is 5.47. The predicted octanol–water partition coefficient (Wildman–Crippen LogP) is 1.43. The molecule has 0 bridgehead atoms. The van der Waals surface area contributed by atoms with E-state index in [1.165, 1.54) is 0 Å². The van der Waals surface area contributed by atoms with Crippen LogP contribution in [0.15, 0.2) is 11.2 Å². The lowest BCUT2D eigenvalue weighted by Gasteiger charge is -2.28. The van der Waals surface area contributed by atoms with Crippen molar-refractivity contribution in [1.29, 1.82) is 0 Å². The monoisotopic (exact) mass is 290 g/mol. The summed E-state index contributed by atoms with van der Waals surface area (Å²) in [5, 5.41) is 4.10. The number of rotatable bonds is 4. The zero-order valence-corrected chi connectivity index (χ0v) is 12.3. The van der Waals surface area contributed by atoms with Gasteiger partial charge in [-0.3, -0.25) is 0 Å². The maximum Gasteiger partial charge on any atom is 0.219 e. The Bertz CT molecular complexity index is 374. The van der Waals surface area contributed by atoms with E-state index in [-0.39, 0.29) is 12.4 Å². The van der Waals surface area contributed by atoms with Gasteiger partial charge < -0.3 is 15.0 Å². The summed E-state index contributed by atoms with van der Waals surface area (Å²) in [6.45, 7) is 6.56. The molecule has 1 aromatic rings. The quantitative estimate of drug-likeness (QED) is 0.669. The van der Waals surface area contributed by atoms with Gasteiger partial charge in [0.05, 0.1) is 6.61 Å². The minimum Gasteiger partial charge on any atom is -0.478 e. The summed E-state index contributed by atoms with van der Waals surface area (Å²) >= 11 is 1.54. The maximum atomic E-state index is 5.47. The Morgan fingerprint density at radius 3 is 2.72 bits per heavy atom. The van der Waals surface area contributed by atoms with E-state index in [0.717, 1.165) is 37.2 Å². The van der Waals surface area contributed by atoms with Crippen molar-refractivity contribution in [3.05, 3.63) is 6.07 Å². The van der Waals surface area contributed by atoms with Crippen molar-refractivity contribution in [2.75, 3.05) is 43.9 Å². The highest BCUT2D eigenvalue weighted by Crippen LogP contribution is 2.21. The smallest absolute Gasteiger partial charge is 0.219 e. The van der Waals surface area contributed by atoms with Crippen LogP contribution in [0.5, 0.6) is 5.88 Å². The number of ether oxygens (including phenoxy) is 1. The molecule has 102 valence electrons. The fourth-order valence-electron chi connectivity index (χ4n) is 1.76. The fourth-order valence-corrected chi connectivity index (χ4v) is 2.13. The lowest BCUT2D eigenvalue weighted by molar-refractivity contribution is 0.323. The average Bonchev–Trinajstić information content (AvgIpc) is 2.40. The summed E-state index contributed by atoms with van der Waals surface area (Å²) in [6.07, 6.45) is 1.98. The molecule has 1 saturated heterocycles. The largest absolute Gasteiger partial charge is 0.478 e. The number of thioether (sulfide) groups is 1. The minimum atomic E-state index is 0. The van der Waals surface area contributed by atoms with Gasteiger partial charge >= 0.3 is 0 Å². The lowest BCUT2D eigenvalue weighted by Crippen LogP contribution is -2.43. The topological polar surface area (TPSA) is 50.3 Å². The maximum absolute atomic E-state index is 5.47. The molecule has 0 radical (unpaired) electrons. The fraction of sp³-hybridized carbons (Fsp3) is 0.636. The number of piperazine rings is 1. The van der Waals surface area contributed by atoms with Crippen LogP contribution in [0.2, 0.25) is 0 Å². The number of nitrogens with zero attached hydrogens (tertiary/aromatic N) is 3. The van der Waals surface area contributed by atoms with Gasteiger partial charge in [0.1, 0.15) is 5.82 Å². The van der Waals surface area contributed by atoms with Crippen LogP contribution in [-0.2, 0) is 0 Å². The van der Waals surface area contributed by atoms with E-state index in [4.69, 9.17) is 4.74 Å². The van der Waals surface area contributed by atoms with Gasteiger partial charge in [-0.2, -0.15) is 4.98 Å². The molecule has 5 nitrogen and oxygen atoms in total. The van der Waals surface area contributed by atoms with Crippen LogP contribution in [0, 0.1) is 0 Å². The first kappa shape index (κ1) is 15.3. The van der Waals surface area contributed by atoms with Crippen LogP contribution in [-0.4, -0.2) is 49.0 Å². The molecule has 7 heteroatoms. The van der Waals surface area contributed by atoms with Crippen molar-refractivity contribution >= 4 is 30.0 Å². The molecule has 1 aliphatic rings. The van der Waals surface area contributed by atoms with Crippen molar-refractivity contribution < 1.29 is 4.74 Å². The van der Waals surface area contributed by atoms with E-state index in [1.807, 2.05) is 19.2 Å². The van der Waals surface area contributed by atoms with E-state index in [0.29, 0.717) is 12.5 Å². The molecular weight excluding hydrogens is 272 g/mol. The Morgan fingerprint density at radius 2 is 2.11 bits per heavy atom. The molecular formula is C11H19ClN4OS. The Balaban J connectivity index is 0.00000162. The van der Waals surface area contributed by atoms with E-state index in [1.54, 1.807) is 11.8 Å². The van der Waals surface area contributed by atoms with Gasteiger partial charge in [0.15, 0.2) is 5.16 Å². The van der Waals surface area contributed by atoms with Gasteiger partial charge in [-0.25, -0.2) is 4.98 Å². The Hall–Kier alpha value is -0.720. The normalized spacial score (nSPS) is 15.1. The number of hydrogen-bond acceptors (Lipinski definition) is 6. The van der Waals surface area contributed by atoms with Crippen LogP contribution < -0.4 is 15.0 Å². The summed E-state index contributed by atoms with van der Waals surface area (Å²) in [7, 11) is 0.